The number of ether oxygens (including phenoxy) is 2. The average molecular weight is 432 g/mol. The van der Waals surface area contributed by atoms with Crippen molar-refractivity contribution in [1.82, 2.24) is 0 Å². The van der Waals surface area contributed by atoms with Crippen LogP contribution in [0.2, 0.25) is 0 Å². The van der Waals surface area contributed by atoms with Crippen molar-refractivity contribution in [3.63, 3.8) is 0 Å². The molecule has 0 spiro atoms. The van der Waals surface area contributed by atoms with E-state index in [1.54, 1.807) is 0 Å². The van der Waals surface area contributed by atoms with Crippen molar-refractivity contribution in [3.8, 4) is 0 Å². The fourth-order valence-electron chi connectivity index (χ4n) is 2.16. The van der Waals surface area contributed by atoms with Crippen molar-refractivity contribution in [1.29, 1.82) is 0 Å². The maximum Gasteiger partial charge on any atom is 0.380 e. The summed E-state index contributed by atoms with van der Waals surface area (Å²) in [4.78, 5) is 0. The van der Waals surface area contributed by atoms with Gasteiger partial charge in [0.2, 0.25) is 0 Å². The van der Waals surface area contributed by atoms with Crippen LogP contribution in [0.4, 0.5) is 35.1 Å². The highest BCUT2D eigenvalue weighted by Gasteiger charge is 2.80. The number of aliphatic hydroxyl groups is 1. The zero-order chi connectivity index (χ0) is 21.9. The summed E-state index contributed by atoms with van der Waals surface area (Å²) in [6.07, 6.45) is 3.54. The van der Waals surface area contributed by atoms with Crippen LogP contribution in [0.5, 0.6) is 0 Å². The zero-order valence-electron chi connectivity index (χ0n) is 15.8. The molecule has 0 rings (SSSR count). The molecule has 0 unspecified atom stereocenters. The lowest BCUT2D eigenvalue weighted by atomic mass is 9.99. The molecule has 0 aliphatic carbocycles. The van der Waals surface area contributed by atoms with Crippen LogP contribution >= 0.6 is 0 Å². The van der Waals surface area contributed by atoms with Gasteiger partial charge in [-0.25, -0.2) is 0 Å². The number of unbranched alkanes of at least 4 members (excludes halogenated alkanes) is 5. The molecule has 0 atom stereocenters. The van der Waals surface area contributed by atoms with E-state index in [4.69, 9.17) is 5.11 Å². The van der Waals surface area contributed by atoms with Gasteiger partial charge in [0.1, 0.15) is 13.2 Å². The Labute approximate surface area is 159 Å². The summed E-state index contributed by atoms with van der Waals surface area (Å²) in [6.45, 7) is -3.51. The summed E-state index contributed by atoms with van der Waals surface area (Å²) < 4.78 is 117. The van der Waals surface area contributed by atoms with Gasteiger partial charge >= 0.3 is 23.7 Å². The standard InChI is InChI=1S/C17H28F8O3/c1-2-3-4-5-7-10-27-12-14(18,19)16(22,23)17(24,25)15(20,21)13-28-11-8-6-9-26/h26H,2-13H2,1H3. The van der Waals surface area contributed by atoms with Gasteiger partial charge in [-0.3, -0.25) is 0 Å². The molecular formula is C17H28F8O3. The van der Waals surface area contributed by atoms with E-state index in [0.29, 0.717) is 6.42 Å². The molecular weight excluding hydrogens is 404 g/mol. The second-order valence-electron chi connectivity index (χ2n) is 6.51. The molecule has 11 heteroatoms. The monoisotopic (exact) mass is 432 g/mol. The predicted molar refractivity (Wildman–Crippen MR) is 86.5 cm³/mol. The highest BCUT2D eigenvalue weighted by molar-refractivity contribution is 5.03. The SMILES string of the molecule is CCCCCCCOCC(F)(F)C(F)(F)C(F)(F)C(F)(F)COCCCCO. The molecule has 0 heterocycles. The Balaban J connectivity index is 4.75. The summed E-state index contributed by atoms with van der Waals surface area (Å²) in [5.41, 5.74) is 0. The van der Waals surface area contributed by atoms with Gasteiger partial charge < -0.3 is 14.6 Å². The smallest absolute Gasteiger partial charge is 0.380 e. The van der Waals surface area contributed by atoms with Crippen LogP contribution in [0, 0.1) is 0 Å². The summed E-state index contributed by atoms with van der Waals surface area (Å²) in [5, 5.41) is 8.48. The van der Waals surface area contributed by atoms with Crippen LogP contribution in [0.1, 0.15) is 51.9 Å². The number of alkyl halides is 8. The highest BCUT2D eigenvalue weighted by atomic mass is 19.4. The number of halogens is 8. The van der Waals surface area contributed by atoms with E-state index in [2.05, 4.69) is 9.47 Å². The predicted octanol–water partition coefficient (Wildman–Crippen LogP) is 5.30. The molecule has 0 aliphatic rings. The summed E-state index contributed by atoms with van der Waals surface area (Å²) in [6, 6.07) is 0. The second kappa shape index (κ2) is 12.1. The second-order valence-corrected chi connectivity index (χ2v) is 6.51. The fourth-order valence-corrected chi connectivity index (χ4v) is 2.16. The van der Waals surface area contributed by atoms with Gasteiger partial charge in [0.15, 0.2) is 0 Å². The largest absolute Gasteiger partial charge is 0.396 e. The van der Waals surface area contributed by atoms with Gasteiger partial charge in [-0.05, 0) is 19.3 Å². The lowest BCUT2D eigenvalue weighted by Gasteiger charge is -2.36. The van der Waals surface area contributed by atoms with E-state index in [9.17, 15) is 35.1 Å². The molecule has 0 fully saturated rings. The molecule has 0 radical (unpaired) electrons. The quantitative estimate of drug-likeness (QED) is 0.250. The van der Waals surface area contributed by atoms with Gasteiger partial charge in [-0.1, -0.05) is 32.6 Å². The molecule has 0 aliphatic heterocycles. The summed E-state index contributed by atoms with van der Waals surface area (Å²) in [5.74, 6) is -23.7. The van der Waals surface area contributed by atoms with E-state index >= 15 is 0 Å². The lowest BCUT2D eigenvalue weighted by Crippen LogP contribution is -2.64. The zero-order valence-corrected chi connectivity index (χ0v) is 15.8. The molecule has 170 valence electrons. The molecule has 3 nitrogen and oxygen atoms in total. The molecule has 0 aromatic carbocycles. The minimum absolute atomic E-state index is 0.0107. The van der Waals surface area contributed by atoms with Crippen molar-refractivity contribution >= 4 is 0 Å². The molecule has 0 saturated heterocycles. The van der Waals surface area contributed by atoms with Gasteiger partial charge in [0.05, 0.1) is 0 Å². The first-order chi connectivity index (χ1) is 12.9. The third-order valence-corrected chi connectivity index (χ3v) is 3.97. The molecule has 1 N–H and O–H groups in total. The fraction of sp³-hybridized carbons (Fsp3) is 1.00. The summed E-state index contributed by atoms with van der Waals surface area (Å²) >= 11 is 0. The molecule has 0 saturated carbocycles. The third-order valence-electron chi connectivity index (χ3n) is 3.97. The summed E-state index contributed by atoms with van der Waals surface area (Å²) in [7, 11) is 0. The van der Waals surface area contributed by atoms with Crippen molar-refractivity contribution in [3.05, 3.63) is 0 Å². The van der Waals surface area contributed by atoms with Crippen LogP contribution < -0.4 is 0 Å². The van der Waals surface area contributed by atoms with Gasteiger partial charge in [-0.15, -0.1) is 0 Å². The Morgan fingerprint density at radius 3 is 1.39 bits per heavy atom. The third kappa shape index (κ3) is 7.62. The Morgan fingerprint density at radius 1 is 0.607 bits per heavy atom. The molecule has 0 aromatic heterocycles. The van der Waals surface area contributed by atoms with E-state index in [-0.39, 0.29) is 32.5 Å². The lowest BCUT2D eigenvalue weighted by molar-refractivity contribution is -0.376. The Bertz CT molecular complexity index is 419. The van der Waals surface area contributed by atoms with Crippen molar-refractivity contribution in [2.45, 2.75) is 75.6 Å². The topological polar surface area (TPSA) is 38.7 Å². The van der Waals surface area contributed by atoms with Gasteiger partial charge in [0, 0.05) is 19.8 Å². The highest BCUT2D eigenvalue weighted by Crippen LogP contribution is 2.52. The first kappa shape index (κ1) is 27.3. The number of aliphatic hydroxyl groups excluding tert-OH is 1. The van der Waals surface area contributed by atoms with E-state index < -0.39 is 43.5 Å². The average Bonchev–Trinajstić information content (AvgIpc) is 2.60. The molecule has 0 bridgehead atoms. The Morgan fingerprint density at radius 2 is 1.00 bits per heavy atom. The van der Waals surface area contributed by atoms with Crippen LogP contribution in [0.15, 0.2) is 0 Å². The van der Waals surface area contributed by atoms with E-state index in [0.717, 1.165) is 19.3 Å². The number of rotatable bonds is 17. The van der Waals surface area contributed by atoms with Crippen molar-refractivity contribution in [2.24, 2.45) is 0 Å². The Kier molecular flexibility index (Phi) is 11.8. The maximum absolute atomic E-state index is 13.6. The van der Waals surface area contributed by atoms with Gasteiger partial charge in [-0.2, -0.15) is 35.1 Å². The first-order valence-electron chi connectivity index (χ1n) is 9.15. The molecule has 0 aromatic rings. The first-order valence-corrected chi connectivity index (χ1v) is 9.15. The minimum Gasteiger partial charge on any atom is -0.396 e. The van der Waals surface area contributed by atoms with Crippen molar-refractivity contribution in [2.75, 3.05) is 33.0 Å². The van der Waals surface area contributed by atoms with Gasteiger partial charge in [0.25, 0.3) is 0 Å². The van der Waals surface area contributed by atoms with Crippen LogP contribution in [-0.4, -0.2) is 61.8 Å². The van der Waals surface area contributed by atoms with Crippen LogP contribution in [0.25, 0.3) is 0 Å². The van der Waals surface area contributed by atoms with E-state index in [1.807, 2.05) is 6.92 Å². The Hall–Kier alpha value is -0.680. The normalized spacial score (nSPS) is 13.9. The van der Waals surface area contributed by atoms with E-state index in [1.165, 1.54) is 0 Å². The maximum atomic E-state index is 13.6. The van der Waals surface area contributed by atoms with Crippen LogP contribution in [-0.2, 0) is 9.47 Å². The van der Waals surface area contributed by atoms with Crippen molar-refractivity contribution < 1.29 is 49.7 Å². The minimum atomic E-state index is -6.36. The van der Waals surface area contributed by atoms with Crippen LogP contribution in [0.3, 0.4) is 0 Å². The molecule has 0 amide bonds. The number of hydrogen-bond donors (Lipinski definition) is 1. The number of hydrogen-bond acceptors (Lipinski definition) is 3. The molecule has 28 heavy (non-hydrogen) atoms.